The van der Waals surface area contributed by atoms with Gasteiger partial charge in [-0.2, -0.15) is 4.98 Å². The standard InChI is InChI=1S/C12H15N3O2/c1-8-7-9(4-5-13-8)12-14-11(15-17-12)10-3-2-6-16-10/h2-3,6,8-9,13H,4-5,7H2,1H3. The summed E-state index contributed by atoms with van der Waals surface area (Å²) in [6.45, 7) is 3.18. The Balaban J connectivity index is 1.80. The van der Waals surface area contributed by atoms with Crippen molar-refractivity contribution in [2.24, 2.45) is 0 Å². The summed E-state index contributed by atoms with van der Waals surface area (Å²) in [7, 11) is 0. The van der Waals surface area contributed by atoms with Crippen LogP contribution in [0.25, 0.3) is 11.6 Å². The lowest BCUT2D eigenvalue weighted by Gasteiger charge is -2.25. The number of hydrogen-bond acceptors (Lipinski definition) is 5. The van der Waals surface area contributed by atoms with E-state index in [1.54, 1.807) is 6.26 Å². The maximum Gasteiger partial charge on any atom is 0.238 e. The van der Waals surface area contributed by atoms with Gasteiger partial charge in [-0.3, -0.25) is 0 Å². The van der Waals surface area contributed by atoms with Crippen LogP contribution in [0.3, 0.4) is 0 Å². The zero-order chi connectivity index (χ0) is 11.7. The molecule has 5 nitrogen and oxygen atoms in total. The molecule has 3 rings (SSSR count). The number of furan rings is 1. The molecule has 1 aliphatic rings. The zero-order valence-electron chi connectivity index (χ0n) is 9.72. The summed E-state index contributed by atoms with van der Waals surface area (Å²) < 4.78 is 10.6. The minimum absolute atomic E-state index is 0.363. The summed E-state index contributed by atoms with van der Waals surface area (Å²) in [6.07, 6.45) is 3.70. The van der Waals surface area contributed by atoms with Gasteiger partial charge < -0.3 is 14.3 Å². The van der Waals surface area contributed by atoms with E-state index in [-0.39, 0.29) is 0 Å². The second-order valence-electron chi connectivity index (χ2n) is 4.51. The van der Waals surface area contributed by atoms with Crippen LogP contribution in [-0.4, -0.2) is 22.7 Å². The van der Waals surface area contributed by atoms with E-state index in [1.165, 1.54) is 0 Å². The van der Waals surface area contributed by atoms with E-state index in [2.05, 4.69) is 22.4 Å². The van der Waals surface area contributed by atoms with Gasteiger partial charge in [0, 0.05) is 12.0 Å². The monoisotopic (exact) mass is 233 g/mol. The maximum absolute atomic E-state index is 5.33. The smallest absolute Gasteiger partial charge is 0.238 e. The first kappa shape index (κ1) is 10.5. The van der Waals surface area contributed by atoms with Crippen LogP contribution in [0.1, 0.15) is 31.6 Å². The molecule has 5 heteroatoms. The van der Waals surface area contributed by atoms with E-state index < -0.39 is 0 Å². The van der Waals surface area contributed by atoms with E-state index in [0.29, 0.717) is 23.5 Å². The Morgan fingerprint density at radius 3 is 3.18 bits per heavy atom. The molecule has 0 aromatic carbocycles. The van der Waals surface area contributed by atoms with E-state index in [4.69, 9.17) is 8.94 Å². The van der Waals surface area contributed by atoms with Crippen LogP contribution in [0.2, 0.25) is 0 Å². The third-order valence-corrected chi connectivity index (χ3v) is 3.16. The Hall–Kier alpha value is -1.62. The first-order chi connectivity index (χ1) is 8.33. The number of aromatic nitrogens is 2. The molecule has 90 valence electrons. The minimum atomic E-state index is 0.363. The summed E-state index contributed by atoms with van der Waals surface area (Å²) in [5.41, 5.74) is 0. The molecule has 1 N–H and O–H groups in total. The lowest BCUT2D eigenvalue weighted by atomic mass is 9.93. The van der Waals surface area contributed by atoms with Crippen LogP contribution in [0.5, 0.6) is 0 Å². The van der Waals surface area contributed by atoms with Gasteiger partial charge in [-0.05, 0) is 38.4 Å². The fraction of sp³-hybridized carbons (Fsp3) is 0.500. The Labute approximate surface area is 99.2 Å². The van der Waals surface area contributed by atoms with E-state index in [1.807, 2.05) is 12.1 Å². The molecule has 1 aliphatic heterocycles. The van der Waals surface area contributed by atoms with Gasteiger partial charge in [-0.15, -0.1) is 0 Å². The van der Waals surface area contributed by atoms with Crippen LogP contribution < -0.4 is 5.32 Å². The van der Waals surface area contributed by atoms with Gasteiger partial charge in [0.1, 0.15) is 0 Å². The van der Waals surface area contributed by atoms with Gasteiger partial charge in [0.05, 0.1) is 6.26 Å². The SMILES string of the molecule is CC1CC(c2nc(-c3ccco3)no2)CCN1. The molecule has 2 aromatic rings. The van der Waals surface area contributed by atoms with Crippen LogP contribution in [-0.2, 0) is 0 Å². The van der Waals surface area contributed by atoms with Gasteiger partial charge >= 0.3 is 0 Å². The molecule has 0 saturated carbocycles. The van der Waals surface area contributed by atoms with Crippen molar-refractivity contribution in [1.82, 2.24) is 15.5 Å². The normalized spacial score (nSPS) is 25.0. The summed E-state index contributed by atoms with van der Waals surface area (Å²) in [4.78, 5) is 4.41. The van der Waals surface area contributed by atoms with Crippen molar-refractivity contribution in [3.63, 3.8) is 0 Å². The van der Waals surface area contributed by atoms with Crippen molar-refractivity contribution in [2.75, 3.05) is 6.54 Å². The topological polar surface area (TPSA) is 64.1 Å². The molecule has 0 bridgehead atoms. The molecule has 0 amide bonds. The molecule has 2 unspecified atom stereocenters. The Morgan fingerprint density at radius 1 is 1.47 bits per heavy atom. The van der Waals surface area contributed by atoms with Gasteiger partial charge in [0.2, 0.25) is 11.7 Å². The zero-order valence-corrected chi connectivity index (χ0v) is 9.72. The second-order valence-corrected chi connectivity index (χ2v) is 4.51. The van der Waals surface area contributed by atoms with Crippen molar-refractivity contribution in [3.8, 4) is 11.6 Å². The number of hydrogen-bond donors (Lipinski definition) is 1. The highest BCUT2D eigenvalue weighted by molar-refractivity contribution is 5.44. The van der Waals surface area contributed by atoms with Gasteiger partial charge in [0.25, 0.3) is 0 Å². The fourth-order valence-corrected chi connectivity index (χ4v) is 2.26. The molecular formula is C12H15N3O2. The summed E-state index contributed by atoms with van der Waals surface area (Å²) in [6, 6.07) is 4.16. The first-order valence-corrected chi connectivity index (χ1v) is 5.94. The van der Waals surface area contributed by atoms with Crippen LogP contribution >= 0.6 is 0 Å². The number of piperidine rings is 1. The first-order valence-electron chi connectivity index (χ1n) is 5.94. The molecule has 0 spiro atoms. The molecule has 2 atom stereocenters. The maximum atomic E-state index is 5.33. The lowest BCUT2D eigenvalue weighted by molar-refractivity contribution is 0.295. The Kier molecular flexibility index (Phi) is 2.68. The third-order valence-electron chi connectivity index (χ3n) is 3.16. The molecule has 1 saturated heterocycles. The van der Waals surface area contributed by atoms with Crippen molar-refractivity contribution >= 4 is 0 Å². The number of nitrogens with zero attached hydrogens (tertiary/aromatic N) is 2. The molecule has 17 heavy (non-hydrogen) atoms. The number of nitrogens with one attached hydrogen (secondary N) is 1. The summed E-state index contributed by atoms with van der Waals surface area (Å²) >= 11 is 0. The van der Waals surface area contributed by atoms with Crippen LogP contribution in [0, 0.1) is 0 Å². The molecule has 0 aliphatic carbocycles. The fourth-order valence-electron chi connectivity index (χ4n) is 2.26. The molecular weight excluding hydrogens is 218 g/mol. The quantitative estimate of drug-likeness (QED) is 0.861. The largest absolute Gasteiger partial charge is 0.461 e. The molecule has 3 heterocycles. The van der Waals surface area contributed by atoms with Crippen molar-refractivity contribution in [1.29, 1.82) is 0 Å². The van der Waals surface area contributed by atoms with E-state index >= 15 is 0 Å². The average Bonchev–Trinajstić information content (AvgIpc) is 3.00. The Morgan fingerprint density at radius 2 is 2.41 bits per heavy atom. The predicted molar refractivity (Wildman–Crippen MR) is 61.4 cm³/mol. The third kappa shape index (κ3) is 2.10. The van der Waals surface area contributed by atoms with Gasteiger partial charge in [-0.1, -0.05) is 5.16 Å². The van der Waals surface area contributed by atoms with E-state index in [0.717, 1.165) is 25.3 Å². The molecule has 0 radical (unpaired) electrons. The summed E-state index contributed by atoms with van der Waals surface area (Å²) in [5, 5.41) is 7.37. The molecule has 2 aromatic heterocycles. The Bertz CT molecular complexity index is 478. The lowest BCUT2D eigenvalue weighted by Crippen LogP contribution is -2.34. The highest BCUT2D eigenvalue weighted by Gasteiger charge is 2.25. The highest BCUT2D eigenvalue weighted by atomic mass is 16.5. The average molecular weight is 233 g/mol. The minimum Gasteiger partial charge on any atom is -0.461 e. The van der Waals surface area contributed by atoms with Crippen molar-refractivity contribution in [2.45, 2.75) is 31.7 Å². The molecule has 1 fully saturated rings. The van der Waals surface area contributed by atoms with Crippen molar-refractivity contribution in [3.05, 3.63) is 24.3 Å². The van der Waals surface area contributed by atoms with E-state index in [9.17, 15) is 0 Å². The van der Waals surface area contributed by atoms with Crippen molar-refractivity contribution < 1.29 is 8.94 Å². The second kappa shape index (κ2) is 4.33. The number of rotatable bonds is 2. The summed E-state index contributed by atoms with van der Waals surface area (Å²) in [5.74, 6) is 2.28. The van der Waals surface area contributed by atoms with Gasteiger partial charge in [-0.25, -0.2) is 0 Å². The predicted octanol–water partition coefficient (Wildman–Crippen LogP) is 2.19. The highest BCUT2D eigenvalue weighted by Crippen LogP contribution is 2.28. The van der Waals surface area contributed by atoms with Crippen LogP contribution in [0.15, 0.2) is 27.3 Å². The van der Waals surface area contributed by atoms with Crippen LogP contribution in [0.4, 0.5) is 0 Å². The van der Waals surface area contributed by atoms with Gasteiger partial charge in [0.15, 0.2) is 5.76 Å².